The van der Waals surface area contributed by atoms with E-state index in [0.29, 0.717) is 0 Å². The fourth-order valence-corrected chi connectivity index (χ4v) is 1.55. The second-order valence-corrected chi connectivity index (χ2v) is 3.82. The second-order valence-electron chi connectivity index (χ2n) is 2.19. The molecule has 0 amide bonds. The van der Waals surface area contributed by atoms with Crippen LogP contribution < -0.4 is 10.5 Å². The van der Waals surface area contributed by atoms with Crippen LogP contribution in [0.5, 0.6) is 0 Å². The third-order valence-corrected chi connectivity index (χ3v) is 2.44. The van der Waals surface area contributed by atoms with Crippen LogP contribution in [0.1, 0.15) is 0 Å². The minimum Gasteiger partial charge on any atom is -0.369 e. The smallest absolute Gasteiger partial charge is 0.281 e. The topological polar surface area (TPSA) is 109 Å². The molecule has 0 aromatic carbocycles. The van der Waals surface area contributed by atoms with Crippen LogP contribution in [0.4, 0.5) is 0 Å². The number of nitrogens with two attached hydrogens (primary N) is 1. The Morgan fingerprint density at radius 2 is 2.23 bits per heavy atom. The van der Waals surface area contributed by atoms with Crippen molar-refractivity contribution in [1.82, 2.24) is 9.71 Å². The maximum Gasteiger partial charge on any atom is 0.281 e. The van der Waals surface area contributed by atoms with Gasteiger partial charge >= 0.3 is 0 Å². The van der Waals surface area contributed by atoms with E-state index in [9.17, 15) is 8.42 Å². The Labute approximate surface area is 75.4 Å². The van der Waals surface area contributed by atoms with E-state index in [4.69, 9.17) is 11.1 Å². The fraction of sp³-hybridized carbons (Fsp3) is 0. The van der Waals surface area contributed by atoms with Crippen LogP contribution in [0.15, 0.2) is 29.4 Å². The van der Waals surface area contributed by atoms with Crippen molar-refractivity contribution in [2.75, 3.05) is 0 Å². The Bertz CT molecular complexity index is 400. The summed E-state index contributed by atoms with van der Waals surface area (Å²) in [5.74, 6) is -0.634. The zero-order chi connectivity index (χ0) is 9.90. The van der Waals surface area contributed by atoms with E-state index >= 15 is 0 Å². The monoisotopic (exact) mass is 200 g/mol. The van der Waals surface area contributed by atoms with E-state index in [-0.39, 0.29) is 5.03 Å². The highest BCUT2D eigenvalue weighted by Gasteiger charge is 2.14. The highest BCUT2D eigenvalue weighted by atomic mass is 32.2. The Kier molecular flexibility index (Phi) is 2.47. The van der Waals surface area contributed by atoms with Crippen LogP contribution in [0.25, 0.3) is 0 Å². The Balaban J connectivity index is 3.02. The number of aromatic nitrogens is 1. The third kappa shape index (κ3) is 2.41. The van der Waals surface area contributed by atoms with Gasteiger partial charge in [-0.05, 0) is 12.1 Å². The minimum atomic E-state index is -3.77. The van der Waals surface area contributed by atoms with Crippen LogP contribution in [0, 0.1) is 5.41 Å². The van der Waals surface area contributed by atoms with E-state index in [1.54, 1.807) is 10.8 Å². The first-order valence-corrected chi connectivity index (χ1v) is 4.78. The normalized spacial score (nSPS) is 10.8. The minimum absolute atomic E-state index is 0.162. The molecule has 6 nitrogen and oxygen atoms in total. The molecule has 7 heteroatoms. The van der Waals surface area contributed by atoms with E-state index in [1.165, 1.54) is 18.3 Å². The highest BCUT2D eigenvalue weighted by molar-refractivity contribution is 7.90. The van der Waals surface area contributed by atoms with Crippen LogP contribution in [-0.2, 0) is 10.0 Å². The molecule has 0 aliphatic carbocycles. The van der Waals surface area contributed by atoms with Gasteiger partial charge in [-0.25, -0.2) is 9.71 Å². The molecule has 0 bridgehead atoms. The molecular formula is C6H8N4O2S. The number of nitrogens with one attached hydrogen (secondary N) is 2. The molecule has 0 fully saturated rings. The Morgan fingerprint density at radius 1 is 1.54 bits per heavy atom. The summed E-state index contributed by atoms with van der Waals surface area (Å²) in [7, 11) is -3.77. The molecule has 1 rings (SSSR count). The van der Waals surface area contributed by atoms with Gasteiger partial charge in [0.25, 0.3) is 10.0 Å². The van der Waals surface area contributed by atoms with E-state index < -0.39 is 16.0 Å². The predicted octanol–water partition coefficient (Wildman–Crippen LogP) is -0.747. The van der Waals surface area contributed by atoms with E-state index in [2.05, 4.69) is 4.98 Å². The molecule has 0 unspecified atom stereocenters. The molecule has 0 aliphatic heterocycles. The number of sulfonamides is 1. The first-order chi connectivity index (χ1) is 6.02. The van der Waals surface area contributed by atoms with Crippen molar-refractivity contribution < 1.29 is 8.42 Å². The van der Waals surface area contributed by atoms with Gasteiger partial charge in [-0.3, -0.25) is 5.41 Å². The number of rotatable bonds is 2. The first-order valence-electron chi connectivity index (χ1n) is 3.30. The van der Waals surface area contributed by atoms with Gasteiger partial charge in [0.15, 0.2) is 11.0 Å². The summed E-state index contributed by atoms with van der Waals surface area (Å²) in [5, 5.41) is 6.60. The lowest BCUT2D eigenvalue weighted by molar-refractivity contribution is 0.588. The Morgan fingerprint density at radius 3 is 2.69 bits per heavy atom. The lowest BCUT2D eigenvalue weighted by Gasteiger charge is -2.03. The van der Waals surface area contributed by atoms with Crippen LogP contribution in [0.2, 0.25) is 0 Å². The lowest BCUT2D eigenvalue weighted by Crippen LogP contribution is -2.36. The zero-order valence-corrected chi connectivity index (χ0v) is 7.38. The molecule has 0 aliphatic rings. The molecule has 1 heterocycles. The van der Waals surface area contributed by atoms with Crippen molar-refractivity contribution in [1.29, 1.82) is 5.41 Å². The summed E-state index contributed by atoms with van der Waals surface area (Å²) in [5.41, 5.74) is 4.88. The standard InChI is InChI=1S/C6H8N4O2S/c7-6(8)10-13(11,12)5-3-1-2-4-9-5/h1-4H,(H4,7,8,10). The van der Waals surface area contributed by atoms with Gasteiger partial charge in [-0.15, -0.1) is 0 Å². The number of pyridine rings is 1. The van der Waals surface area contributed by atoms with Gasteiger partial charge in [0, 0.05) is 6.20 Å². The summed E-state index contributed by atoms with van der Waals surface area (Å²) in [6.45, 7) is 0. The van der Waals surface area contributed by atoms with E-state index in [1.807, 2.05) is 0 Å². The molecule has 1 aromatic rings. The number of hydrogen-bond donors (Lipinski definition) is 3. The fourth-order valence-electron chi connectivity index (χ4n) is 0.703. The number of guanidine groups is 1. The molecule has 1 aromatic heterocycles. The molecule has 4 N–H and O–H groups in total. The second kappa shape index (κ2) is 3.40. The largest absolute Gasteiger partial charge is 0.369 e. The molecule has 0 saturated heterocycles. The summed E-state index contributed by atoms with van der Waals surface area (Å²) >= 11 is 0. The quantitative estimate of drug-likeness (QED) is 0.431. The van der Waals surface area contributed by atoms with Gasteiger partial charge in [0.05, 0.1) is 0 Å². The molecule has 0 radical (unpaired) electrons. The van der Waals surface area contributed by atoms with Crippen molar-refractivity contribution in [2.24, 2.45) is 5.73 Å². The van der Waals surface area contributed by atoms with Crippen molar-refractivity contribution >= 4 is 16.0 Å². The number of nitrogens with zero attached hydrogens (tertiary/aromatic N) is 1. The lowest BCUT2D eigenvalue weighted by atomic mass is 10.5. The highest BCUT2D eigenvalue weighted by Crippen LogP contribution is 2.01. The van der Waals surface area contributed by atoms with Gasteiger partial charge in [-0.2, -0.15) is 8.42 Å². The predicted molar refractivity (Wildman–Crippen MR) is 46.5 cm³/mol. The SMILES string of the molecule is N=C(N)NS(=O)(=O)c1ccccn1. The van der Waals surface area contributed by atoms with Crippen molar-refractivity contribution in [3.8, 4) is 0 Å². The molecule has 0 atom stereocenters. The van der Waals surface area contributed by atoms with Gasteiger partial charge < -0.3 is 5.73 Å². The first kappa shape index (κ1) is 9.46. The molecule has 0 spiro atoms. The van der Waals surface area contributed by atoms with Gasteiger partial charge in [0.1, 0.15) is 0 Å². The molecule has 70 valence electrons. The van der Waals surface area contributed by atoms with Crippen LogP contribution in [0.3, 0.4) is 0 Å². The van der Waals surface area contributed by atoms with Crippen molar-refractivity contribution in [3.63, 3.8) is 0 Å². The van der Waals surface area contributed by atoms with Crippen molar-refractivity contribution in [2.45, 2.75) is 5.03 Å². The number of hydrogen-bond acceptors (Lipinski definition) is 4. The van der Waals surface area contributed by atoms with Crippen LogP contribution in [-0.4, -0.2) is 19.4 Å². The summed E-state index contributed by atoms with van der Waals surface area (Å²) in [6.07, 6.45) is 1.34. The van der Waals surface area contributed by atoms with E-state index in [0.717, 1.165) is 0 Å². The molecule has 0 saturated carbocycles. The summed E-state index contributed by atoms with van der Waals surface area (Å²) < 4.78 is 24.3. The third-order valence-electron chi connectivity index (χ3n) is 1.16. The average molecular weight is 200 g/mol. The zero-order valence-electron chi connectivity index (χ0n) is 6.56. The van der Waals surface area contributed by atoms with Gasteiger partial charge in [0.2, 0.25) is 0 Å². The van der Waals surface area contributed by atoms with Gasteiger partial charge in [-0.1, -0.05) is 6.07 Å². The summed E-state index contributed by atoms with van der Waals surface area (Å²) in [6, 6.07) is 4.43. The van der Waals surface area contributed by atoms with Crippen LogP contribution >= 0.6 is 0 Å². The maximum absolute atomic E-state index is 11.2. The summed E-state index contributed by atoms with van der Waals surface area (Å²) in [4.78, 5) is 3.60. The average Bonchev–Trinajstić information content (AvgIpc) is 2.04. The molecular weight excluding hydrogens is 192 g/mol. The van der Waals surface area contributed by atoms with Crippen molar-refractivity contribution in [3.05, 3.63) is 24.4 Å². The maximum atomic E-state index is 11.2. The molecule has 13 heavy (non-hydrogen) atoms. The Hall–Kier alpha value is -1.63.